The second kappa shape index (κ2) is 8.54. The molecule has 0 aliphatic carbocycles. The van der Waals surface area contributed by atoms with E-state index in [9.17, 15) is 4.79 Å². The molecule has 2 aromatic carbocycles. The number of amides is 1. The fraction of sp³-hybridized carbons (Fsp3) is 0.391. The van der Waals surface area contributed by atoms with Gasteiger partial charge in [-0.05, 0) is 49.4 Å². The molecular weight excluding hydrogens is 366 g/mol. The van der Waals surface area contributed by atoms with Crippen molar-refractivity contribution in [3.63, 3.8) is 0 Å². The van der Waals surface area contributed by atoms with Crippen LogP contribution in [-0.4, -0.2) is 31.7 Å². The van der Waals surface area contributed by atoms with Crippen LogP contribution < -0.4 is 19.7 Å². The van der Waals surface area contributed by atoms with E-state index in [0.29, 0.717) is 24.5 Å². The molecule has 0 saturated carbocycles. The van der Waals surface area contributed by atoms with Gasteiger partial charge in [-0.15, -0.1) is 0 Å². The number of carbonyl (C=O) groups excluding carboxylic acids is 1. The first-order chi connectivity index (χ1) is 14.2. The highest BCUT2D eigenvalue weighted by Gasteiger charge is 2.37. The van der Waals surface area contributed by atoms with Crippen LogP contribution in [0.5, 0.6) is 11.5 Å². The number of benzene rings is 2. The Labute approximate surface area is 171 Å². The van der Waals surface area contributed by atoms with E-state index in [-0.39, 0.29) is 18.0 Å². The van der Waals surface area contributed by atoms with Crippen molar-refractivity contribution >= 4 is 11.6 Å². The lowest BCUT2D eigenvalue weighted by atomic mass is 10.0. The molecule has 3 atom stereocenters. The van der Waals surface area contributed by atoms with Crippen molar-refractivity contribution in [2.75, 3.05) is 25.1 Å². The maximum Gasteiger partial charge on any atom is 0.282 e. The van der Waals surface area contributed by atoms with Gasteiger partial charge in [0.15, 0.2) is 17.5 Å². The molecule has 1 unspecified atom stereocenters. The molecule has 0 spiro atoms. The molecule has 6 nitrogen and oxygen atoms in total. The Balaban J connectivity index is 1.48. The summed E-state index contributed by atoms with van der Waals surface area (Å²) in [7, 11) is 0. The normalized spacial score (nSPS) is 21.7. The van der Waals surface area contributed by atoms with Crippen LogP contribution in [0.25, 0.3) is 0 Å². The predicted octanol–water partition coefficient (Wildman–Crippen LogP) is 2.47. The average Bonchev–Trinajstić information content (AvgIpc) is 3.12. The Hall–Kier alpha value is -3.04. The van der Waals surface area contributed by atoms with E-state index in [1.807, 2.05) is 13.0 Å². The summed E-state index contributed by atoms with van der Waals surface area (Å²) >= 11 is 0. The Bertz CT molecular complexity index is 920. The van der Waals surface area contributed by atoms with Crippen LogP contribution >= 0.6 is 0 Å². The lowest BCUT2D eigenvalue weighted by Crippen LogP contribution is -3.15. The van der Waals surface area contributed by atoms with Gasteiger partial charge in [-0.25, -0.2) is 0 Å². The van der Waals surface area contributed by atoms with Gasteiger partial charge >= 0.3 is 0 Å². The van der Waals surface area contributed by atoms with Crippen molar-refractivity contribution in [1.29, 1.82) is 5.26 Å². The number of carbonyl (C=O) groups is 1. The van der Waals surface area contributed by atoms with Gasteiger partial charge < -0.3 is 19.7 Å². The smallest absolute Gasteiger partial charge is 0.282 e. The van der Waals surface area contributed by atoms with Gasteiger partial charge in [-0.3, -0.25) is 4.79 Å². The van der Waals surface area contributed by atoms with Crippen LogP contribution in [0.1, 0.15) is 43.4 Å². The fourth-order valence-corrected chi connectivity index (χ4v) is 4.21. The number of nitriles is 1. The molecule has 29 heavy (non-hydrogen) atoms. The fourth-order valence-electron chi connectivity index (χ4n) is 4.21. The summed E-state index contributed by atoms with van der Waals surface area (Å²) < 4.78 is 11.6. The number of nitrogens with zero attached hydrogens (tertiary/aromatic N) is 1. The second-order valence-electron chi connectivity index (χ2n) is 7.68. The number of ether oxygens (including phenoxy) is 2. The first kappa shape index (κ1) is 19.3. The van der Waals surface area contributed by atoms with Crippen molar-refractivity contribution in [2.45, 2.75) is 38.3 Å². The van der Waals surface area contributed by atoms with Gasteiger partial charge in [0.05, 0.1) is 31.4 Å². The largest absolute Gasteiger partial charge is 0.490 e. The lowest BCUT2D eigenvalue weighted by Gasteiger charge is -2.27. The number of rotatable bonds is 4. The molecule has 2 aromatic rings. The zero-order valence-electron chi connectivity index (χ0n) is 16.6. The second-order valence-corrected chi connectivity index (χ2v) is 7.68. The van der Waals surface area contributed by atoms with E-state index < -0.39 is 0 Å². The summed E-state index contributed by atoms with van der Waals surface area (Å²) in [6.45, 7) is 4.29. The third-order valence-electron chi connectivity index (χ3n) is 5.81. The van der Waals surface area contributed by atoms with E-state index in [1.165, 1.54) is 10.5 Å². The molecule has 1 amide bonds. The molecule has 1 saturated heterocycles. The maximum atomic E-state index is 12.9. The van der Waals surface area contributed by atoms with Crippen LogP contribution in [0, 0.1) is 11.3 Å². The van der Waals surface area contributed by atoms with Crippen LogP contribution in [0.4, 0.5) is 5.69 Å². The molecule has 4 rings (SSSR count). The van der Waals surface area contributed by atoms with Gasteiger partial charge in [0.2, 0.25) is 0 Å². The molecular formula is C23H26N3O3+. The van der Waals surface area contributed by atoms with Gasteiger partial charge in [-0.2, -0.15) is 5.26 Å². The Kier molecular flexibility index (Phi) is 5.68. The van der Waals surface area contributed by atoms with Crippen molar-refractivity contribution in [2.24, 2.45) is 0 Å². The molecule has 0 radical (unpaired) electrons. The quantitative estimate of drug-likeness (QED) is 0.838. The minimum Gasteiger partial charge on any atom is -0.490 e. The summed E-state index contributed by atoms with van der Waals surface area (Å²) in [5.74, 6) is 1.60. The number of anilines is 1. The number of fused-ring (bicyclic) bond motifs is 1. The number of hydrogen-bond acceptors (Lipinski definition) is 4. The summed E-state index contributed by atoms with van der Waals surface area (Å²) in [5.41, 5.74) is 2.49. The minimum absolute atomic E-state index is 0.00838. The zero-order chi connectivity index (χ0) is 20.2. The Morgan fingerprint density at radius 1 is 1.14 bits per heavy atom. The van der Waals surface area contributed by atoms with Crippen LogP contribution in [0.15, 0.2) is 42.5 Å². The van der Waals surface area contributed by atoms with Crippen molar-refractivity contribution in [1.82, 2.24) is 0 Å². The highest BCUT2D eigenvalue weighted by Crippen LogP contribution is 2.33. The first-order valence-corrected chi connectivity index (χ1v) is 10.2. The molecule has 1 fully saturated rings. The van der Waals surface area contributed by atoms with E-state index in [4.69, 9.17) is 14.7 Å². The summed E-state index contributed by atoms with van der Waals surface area (Å²) in [4.78, 5) is 14.1. The Morgan fingerprint density at radius 3 is 2.66 bits per heavy atom. The summed E-state index contributed by atoms with van der Waals surface area (Å²) in [6, 6.07) is 15.3. The van der Waals surface area contributed by atoms with E-state index >= 15 is 0 Å². The van der Waals surface area contributed by atoms with E-state index in [1.54, 1.807) is 24.3 Å². The van der Waals surface area contributed by atoms with E-state index in [0.717, 1.165) is 37.3 Å². The zero-order valence-corrected chi connectivity index (χ0v) is 16.6. The molecule has 2 heterocycles. The van der Waals surface area contributed by atoms with Gasteiger partial charge in [0.1, 0.15) is 6.04 Å². The van der Waals surface area contributed by atoms with Gasteiger partial charge in [-0.1, -0.05) is 0 Å². The Morgan fingerprint density at radius 2 is 1.90 bits per heavy atom. The van der Waals surface area contributed by atoms with Crippen molar-refractivity contribution < 1.29 is 19.2 Å². The lowest BCUT2D eigenvalue weighted by molar-refractivity contribution is -0.932. The molecule has 2 aliphatic rings. The highest BCUT2D eigenvalue weighted by atomic mass is 16.5. The number of nitrogens with one attached hydrogen (secondary N) is 2. The molecule has 2 N–H and O–H groups in total. The SMILES string of the molecule is C[C@@H](C(=O)Nc1ccc(C#N)cc1)[NH+]1CCC[C@@H]1c1ccc2c(c1)OCCCO2. The molecule has 6 heteroatoms. The minimum atomic E-state index is -0.186. The molecule has 0 aromatic heterocycles. The third-order valence-corrected chi connectivity index (χ3v) is 5.81. The van der Waals surface area contributed by atoms with Crippen molar-refractivity contribution in [3.05, 3.63) is 53.6 Å². The number of hydrogen-bond donors (Lipinski definition) is 2. The van der Waals surface area contributed by atoms with E-state index in [2.05, 4.69) is 23.5 Å². The van der Waals surface area contributed by atoms with Crippen LogP contribution in [0.2, 0.25) is 0 Å². The van der Waals surface area contributed by atoms with Crippen LogP contribution in [0.3, 0.4) is 0 Å². The standard InChI is InChI=1S/C23H25N3O3/c1-16(23(27)25-19-8-5-17(15-24)6-9-19)26-11-2-4-20(26)18-7-10-21-22(14-18)29-13-3-12-28-21/h5-10,14,16,20H,2-4,11-13H2,1H3,(H,25,27)/p+1/t16-,20+/m0/s1. The van der Waals surface area contributed by atoms with Gasteiger partial charge in [0.25, 0.3) is 5.91 Å². The molecule has 150 valence electrons. The maximum absolute atomic E-state index is 12.9. The summed E-state index contributed by atoms with van der Waals surface area (Å²) in [6.07, 6.45) is 3.02. The predicted molar refractivity (Wildman–Crippen MR) is 109 cm³/mol. The first-order valence-electron chi connectivity index (χ1n) is 10.2. The van der Waals surface area contributed by atoms with Crippen LogP contribution in [-0.2, 0) is 4.79 Å². The number of likely N-dealkylation sites (tertiary alicyclic amines) is 1. The third kappa shape index (κ3) is 4.20. The average molecular weight is 392 g/mol. The monoisotopic (exact) mass is 392 g/mol. The topological polar surface area (TPSA) is 75.8 Å². The molecule has 2 aliphatic heterocycles. The number of quaternary nitrogens is 1. The summed E-state index contributed by atoms with van der Waals surface area (Å²) in [5, 5.41) is 11.9. The highest BCUT2D eigenvalue weighted by molar-refractivity contribution is 5.93. The molecule has 0 bridgehead atoms. The van der Waals surface area contributed by atoms with Crippen molar-refractivity contribution in [3.8, 4) is 17.6 Å². The van der Waals surface area contributed by atoms with Gasteiger partial charge in [0, 0.05) is 30.5 Å².